The molecule has 0 saturated heterocycles. The highest BCUT2D eigenvalue weighted by Crippen LogP contribution is 2.22. The Hall–Kier alpha value is -1.49. The fraction of sp³-hybridized carbons (Fsp3) is 0.385. The van der Waals surface area contributed by atoms with Gasteiger partial charge in [-0.1, -0.05) is 6.92 Å². The van der Waals surface area contributed by atoms with Crippen molar-refractivity contribution >= 4 is 34.2 Å². The zero-order chi connectivity index (χ0) is 13.0. The van der Waals surface area contributed by atoms with Gasteiger partial charge in [-0.3, -0.25) is 0 Å². The summed E-state index contributed by atoms with van der Waals surface area (Å²) in [6.07, 6.45) is 1.58. The molecule has 0 saturated carbocycles. The minimum absolute atomic E-state index is 0.370. The van der Waals surface area contributed by atoms with E-state index in [1.165, 1.54) is 0 Å². The third kappa shape index (κ3) is 3.04. The van der Waals surface area contributed by atoms with Crippen molar-refractivity contribution < 1.29 is 0 Å². The molecule has 1 aromatic heterocycles. The van der Waals surface area contributed by atoms with Gasteiger partial charge >= 0.3 is 0 Å². The summed E-state index contributed by atoms with van der Waals surface area (Å²) in [7, 11) is 0. The molecule has 0 aliphatic rings. The Morgan fingerprint density at radius 1 is 1.39 bits per heavy atom. The number of anilines is 2. The highest BCUT2D eigenvalue weighted by atomic mass is 32.2. The number of nitrogens with one attached hydrogen (secondary N) is 1. The van der Waals surface area contributed by atoms with Crippen molar-refractivity contribution in [3.8, 4) is 0 Å². The first kappa shape index (κ1) is 13.0. The molecule has 1 atom stereocenters. The quantitative estimate of drug-likeness (QED) is 0.811. The highest BCUT2D eigenvalue weighted by Gasteiger charge is 2.07. The topological polar surface area (TPSA) is 63.8 Å². The molecule has 0 aliphatic heterocycles. The third-order valence-corrected chi connectivity index (χ3v) is 3.76. The third-order valence-electron chi connectivity index (χ3n) is 2.61. The molecule has 3 N–H and O–H groups in total. The van der Waals surface area contributed by atoms with E-state index in [1.54, 1.807) is 6.33 Å². The lowest BCUT2D eigenvalue weighted by atomic mass is 10.2. The summed E-state index contributed by atoms with van der Waals surface area (Å²) in [5.74, 6) is 3.05. The first-order chi connectivity index (χ1) is 8.70. The molecule has 1 heterocycles. The molecule has 1 aromatic carbocycles. The first-order valence-electron chi connectivity index (χ1n) is 6.05. The second kappa shape index (κ2) is 5.91. The number of nitrogen functional groups attached to an aromatic ring is 1. The van der Waals surface area contributed by atoms with E-state index in [0.29, 0.717) is 6.04 Å². The smallest absolute Gasteiger partial charge is 0.137 e. The normalized spacial score (nSPS) is 12.6. The zero-order valence-corrected chi connectivity index (χ0v) is 11.5. The molecular weight excluding hydrogens is 244 g/mol. The van der Waals surface area contributed by atoms with Gasteiger partial charge in [0, 0.05) is 22.9 Å². The van der Waals surface area contributed by atoms with E-state index in [2.05, 4.69) is 29.1 Å². The Bertz CT molecular complexity index is 529. The molecule has 0 fully saturated rings. The molecule has 5 heteroatoms. The van der Waals surface area contributed by atoms with Crippen molar-refractivity contribution in [1.29, 1.82) is 0 Å². The second-order valence-electron chi connectivity index (χ2n) is 4.20. The molecule has 0 amide bonds. The minimum Gasteiger partial charge on any atom is -0.399 e. The van der Waals surface area contributed by atoms with Gasteiger partial charge in [-0.05, 0) is 30.9 Å². The molecule has 0 spiro atoms. The molecule has 0 bridgehead atoms. The van der Waals surface area contributed by atoms with Crippen LogP contribution in [0.15, 0.2) is 24.5 Å². The summed E-state index contributed by atoms with van der Waals surface area (Å²) >= 11 is 1.91. The van der Waals surface area contributed by atoms with E-state index in [0.717, 1.165) is 33.9 Å². The Balaban J connectivity index is 2.24. The number of hydrogen-bond acceptors (Lipinski definition) is 5. The van der Waals surface area contributed by atoms with E-state index in [1.807, 2.05) is 30.0 Å². The van der Waals surface area contributed by atoms with Crippen molar-refractivity contribution in [2.45, 2.75) is 19.9 Å². The van der Waals surface area contributed by atoms with Crippen LogP contribution in [0.3, 0.4) is 0 Å². The molecule has 0 aliphatic carbocycles. The average molecular weight is 262 g/mol. The van der Waals surface area contributed by atoms with Crippen molar-refractivity contribution in [3.05, 3.63) is 24.5 Å². The van der Waals surface area contributed by atoms with Gasteiger partial charge in [0.2, 0.25) is 0 Å². The molecular formula is C13H18N4S. The van der Waals surface area contributed by atoms with Crippen molar-refractivity contribution in [2.24, 2.45) is 0 Å². The molecule has 0 radical (unpaired) electrons. The van der Waals surface area contributed by atoms with Crippen LogP contribution in [0.2, 0.25) is 0 Å². The van der Waals surface area contributed by atoms with Gasteiger partial charge in [0.15, 0.2) is 0 Å². The number of hydrogen-bond donors (Lipinski definition) is 2. The van der Waals surface area contributed by atoms with Gasteiger partial charge in [0.1, 0.15) is 12.1 Å². The molecule has 2 rings (SSSR count). The monoisotopic (exact) mass is 262 g/mol. The van der Waals surface area contributed by atoms with Crippen LogP contribution in [-0.4, -0.2) is 27.5 Å². The summed E-state index contributed by atoms with van der Waals surface area (Å²) in [6.45, 7) is 4.32. The minimum atomic E-state index is 0.370. The second-order valence-corrected chi connectivity index (χ2v) is 5.52. The maximum atomic E-state index is 5.82. The lowest BCUT2D eigenvalue weighted by Gasteiger charge is -2.15. The van der Waals surface area contributed by atoms with Gasteiger partial charge in [-0.25, -0.2) is 9.97 Å². The molecule has 1 unspecified atom stereocenters. The molecule has 4 nitrogen and oxygen atoms in total. The van der Waals surface area contributed by atoms with Crippen LogP contribution in [-0.2, 0) is 0 Å². The van der Waals surface area contributed by atoms with E-state index < -0.39 is 0 Å². The SMILES string of the molecule is CCSCC(C)Nc1ncnc2ccc(N)cc12. The van der Waals surface area contributed by atoms with Gasteiger partial charge < -0.3 is 11.1 Å². The van der Waals surface area contributed by atoms with E-state index in [9.17, 15) is 0 Å². The van der Waals surface area contributed by atoms with Gasteiger partial charge in [-0.2, -0.15) is 11.8 Å². The van der Waals surface area contributed by atoms with Crippen LogP contribution in [0.5, 0.6) is 0 Å². The predicted octanol–water partition coefficient (Wildman–Crippen LogP) is 2.77. The average Bonchev–Trinajstić information content (AvgIpc) is 2.37. The van der Waals surface area contributed by atoms with E-state index in [4.69, 9.17) is 5.73 Å². The van der Waals surface area contributed by atoms with E-state index in [-0.39, 0.29) is 0 Å². The number of benzene rings is 1. The lowest BCUT2D eigenvalue weighted by Crippen LogP contribution is -2.19. The number of nitrogens with zero attached hydrogens (tertiary/aromatic N) is 2. The summed E-state index contributed by atoms with van der Waals surface area (Å²) < 4.78 is 0. The van der Waals surface area contributed by atoms with Gasteiger partial charge in [-0.15, -0.1) is 0 Å². The summed E-state index contributed by atoms with van der Waals surface area (Å²) in [6, 6.07) is 6.06. The molecule has 96 valence electrons. The van der Waals surface area contributed by atoms with Gasteiger partial charge in [0.25, 0.3) is 0 Å². The lowest BCUT2D eigenvalue weighted by molar-refractivity contribution is 0.903. The Kier molecular flexibility index (Phi) is 4.25. The Labute approximate surface area is 111 Å². The van der Waals surface area contributed by atoms with Crippen molar-refractivity contribution in [3.63, 3.8) is 0 Å². The standard InChI is InChI=1S/C13H18N4S/c1-3-18-7-9(2)17-13-11-6-10(14)4-5-12(11)15-8-16-13/h4-6,8-9H,3,7,14H2,1-2H3,(H,15,16,17). The Morgan fingerprint density at radius 3 is 3.00 bits per heavy atom. The van der Waals surface area contributed by atoms with Gasteiger partial charge in [0.05, 0.1) is 5.52 Å². The molecule has 18 heavy (non-hydrogen) atoms. The van der Waals surface area contributed by atoms with Crippen molar-refractivity contribution in [2.75, 3.05) is 22.6 Å². The van der Waals surface area contributed by atoms with Crippen LogP contribution < -0.4 is 11.1 Å². The summed E-state index contributed by atoms with van der Waals surface area (Å²) in [4.78, 5) is 8.55. The number of aromatic nitrogens is 2. The van der Waals surface area contributed by atoms with Crippen LogP contribution in [0.1, 0.15) is 13.8 Å². The molecule has 2 aromatic rings. The van der Waals surface area contributed by atoms with Crippen LogP contribution in [0.25, 0.3) is 10.9 Å². The maximum absolute atomic E-state index is 5.82. The number of rotatable bonds is 5. The van der Waals surface area contributed by atoms with Crippen LogP contribution in [0.4, 0.5) is 11.5 Å². The summed E-state index contributed by atoms with van der Waals surface area (Å²) in [5.41, 5.74) is 7.46. The van der Waals surface area contributed by atoms with Crippen molar-refractivity contribution in [1.82, 2.24) is 9.97 Å². The fourth-order valence-corrected chi connectivity index (χ4v) is 2.43. The van der Waals surface area contributed by atoms with Crippen LogP contribution >= 0.6 is 11.8 Å². The largest absolute Gasteiger partial charge is 0.399 e. The maximum Gasteiger partial charge on any atom is 0.137 e. The fourth-order valence-electron chi connectivity index (χ4n) is 1.76. The zero-order valence-electron chi connectivity index (χ0n) is 10.7. The predicted molar refractivity (Wildman–Crippen MR) is 80.0 cm³/mol. The van der Waals surface area contributed by atoms with E-state index >= 15 is 0 Å². The highest BCUT2D eigenvalue weighted by molar-refractivity contribution is 7.99. The Morgan fingerprint density at radius 2 is 2.22 bits per heavy atom. The number of thioether (sulfide) groups is 1. The number of nitrogens with two attached hydrogens (primary N) is 1. The van der Waals surface area contributed by atoms with Crippen LogP contribution in [0, 0.1) is 0 Å². The summed E-state index contributed by atoms with van der Waals surface area (Å²) in [5, 5.41) is 4.40. The first-order valence-corrected chi connectivity index (χ1v) is 7.20. The number of fused-ring (bicyclic) bond motifs is 1.